The quantitative estimate of drug-likeness (QED) is 0.464. The first-order valence-electron chi connectivity index (χ1n) is 12.3. The SMILES string of the molecule is CCC1CC2CC3(C(=O)OCc4ccccc4)c4[nH]c5ccc(OC)cc5c4CCN4C1C243. The molecular formula is C28H30N2O3. The van der Waals surface area contributed by atoms with E-state index >= 15 is 0 Å². The summed E-state index contributed by atoms with van der Waals surface area (Å²) in [7, 11) is 1.71. The summed E-state index contributed by atoms with van der Waals surface area (Å²) in [6.07, 6.45) is 4.28. The molecule has 5 heteroatoms. The highest BCUT2D eigenvalue weighted by atomic mass is 16.5. The number of fused-ring (bicyclic) bond motifs is 5. The van der Waals surface area contributed by atoms with Crippen molar-refractivity contribution in [2.75, 3.05) is 13.7 Å². The molecule has 3 heterocycles. The molecule has 33 heavy (non-hydrogen) atoms. The van der Waals surface area contributed by atoms with Gasteiger partial charge in [-0.1, -0.05) is 43.7 Å². The minimum Gasteiger partial charge on any atom is -0.497 e. The molecule has 1 N–H and O–H groups in total. The summed E-state index contributed by atoms with van der Waals surface area (Å²) in [4.78, 5) is 20.5. The van der Waals surface area contributed by atoms with Crippen LogP contribution in [-0.4, -0.2) is 41.1 Å². The van der Waals surface area contributed by atoms with E-state index in [0.717, 1.165) is 41.9 Å². The summed E-state index contributed by atoms with van der Waals surface area (Å²) < 4.78 is 11.6. The Labute approximate surface area is 194 Å². The summed E-state index contributed by atoms with van der Waals surface area (Å²) in [6, 6.07) is 16.7. The fourth-order valence-electron chi connectivity index (χ4n) is 8.06. The van der Waals surface area contributed by atoms with E-state index in [2.05, 4.69) is 28.9 Å². The molecule has 2 aliphatic heterocycles. The van der Waals surface area contributed by atoms with Gasteiger partial charge in [0.1, 0.15) is 17.8 Å². The lowest BCUT2D eigenvalue weighted by molar-refractivity contribution is -0.163. The number of piperidine rings is 1. The van der Waals surface area contributed by atoms with Crippen molar-refractivity contribution in [2.45, 2.75) is 56.2 Å². The van der Waals surface area contributed by atoms with Gasteiger partial charge >= 0.3 is 5.97 Å². The van der Waals surface area contributed by atoms with Crippen LogP contribution in [0, 0.1) is 11.8 Å². The number of methoxy groups -OCH3 is 1. The molecule has 2 saturated carbocycles. The van der Waals surface area contributed by atoms with Crippen molar-refractivity contribution < 1.29 is 14.3 Å². The Bertz CT molecular complexity index is 1270. The lowest BCUT2D eigenvalue weighted by atomic mass is 9.51. The number of rotatable bonds is 5. The zero-order chi connectivity index (χ0) is 22.4. The lowest BCUT2D eigenvalue weighted by Gasteiger charge is -2.52. The standard InChI is InChI=1S/C28H30N2O3/c1-3-18-13-19-15-27(26(31)33-16-17-7-5-4-6-8-17)24-21(11-12-30-25(18)28(19,27)30)22-14-20(32-2)9-10-23(22)29-24/h4-10,14,18-19,25,29H,3,11-13,15-16H2,1-2H3. The van der Waals surface area contributed by atoms with Crippen LogP contribution in [0.25, 0.3) is 10.9 Å². The molecule has 2 aliphatic carbocycles. The molecule has 4 aliphatic rings. The summed E-state index contributed by atoms with van der Waals surface area (Å²) >= 11 is 0. The van der Waals surface area contributed by atoms with E-state index in [1.807, 2.05) is 36.4 Å². The molecule has 0 radical (unpaired) electrons. The van der Waals surface area contributed by atoms with E-state index in [0.29, 0.717) is 24.5 Å². The van der Waals surface area contributed by atoms with Crippen LogP contribution in [0.1, 0.15) is 43.0 Å². The molecule has 170 valence electrons. The number of carbonyl (C=O) groups excluding carboxylic acids is 1. The van der Waals surface area contributed by atoms with Gasteiger partial charge < -0.3 is 14.5 Å². The van der Waals surface area contributed by atoms with Crippen LogP contribution < -0.4 is 4.74 Å². The van der Waals surface area contributed by atoms with Crippen LogP contribution >= 0.6 is 0 Å². The van der Waals surface area contributed by atoms with Crippen LogP contribution in [-0.2, 0) is 28.0 Å². The van der Waals surface area contributed by atoms with Crippen molar-refractivity contribution in [1.82, 2.24) is 9.88 Å². The van der Waals surface area contributed by atoms with E-state index in [1.54, 1.807) is 7.11 Å². The van der Waals surface area contributed by atoms with Gasteiger partial charge in [0.15, 0.2) is 0 Å². The van der Waals surface area contributed by atoms with E-state index < -0.39 is 5.41 Å². The third kappa shape index (κ3) is 2.24. The monoisotopic (exact) mass is 442 g/mol. The zero-order valence-corrected chi connectivity index (χ0v) is 19.3. The minimum atomic E-state index is -0.598. The number of esters is 1. The van der Waals surface area contributed by atoms with E-state index in [-0.39, 0.29) is 11.5 Å². The molecule has 6 atom stereocenters. The topological polar surface area (TPSA) is 54.3 Å². The van der Waals surface area contributed by atoms with Gasteiger partial charge in [-0.2, -0.15) is 0 Å². The Morgan fingerprint density at radius 3 is 2.85 bits per heavy atom. The van der Waals surface area contributed by atoms with Gasteiger partial charge in [-0.05, 0) is 60.4 Å². The second kappa shape index (κ2) is 6.63. The molecule has 0 amide bonds. The Morgan fingerprint density at radius 1 is 1.21 bits per heavy atom. The lowest BCUT2D eigenvalue weighted by Crippen LogP contribution is -2.65. The average molecular weight is 443 g/mol. The van der Waals surface area contributed by atoms with Crippen LogP contribution in [0.5, 0.6) is 5.75 Å². The molecular weight excluding hydrogens is 412 g/mol. The molecule has 7 rings (SSSR count). The van der Waals surface area contributed by atoms with Crippen molar-refractivity contribution >= 4 is 16.9 Å². The largest absolute Gasteiger partial charge is 0.497 e. The third-order valence-electron chi connectivity index (χ3n) is 9.32. The van der Waals surface area contributed by atoms with Crippen molar-refractivity contribution in [3.05, 3.63) is 65.4 Å². The van der Waals surface area contributed by atoms with Crippen LogP contribution in [0.2, 0.25) is 0 Å². The normalized spacial score (nSPS) is 35.1. The molecule has 1 aromatic heterocycles. The molecule has 1 saturated heterocycles. The van der Waals surface area contributed by atoms with Gasteiger partial charge in [-0.15, -0.1) is 0 Å². The number of aromatic amines is 1. The first-order chi connectivity index (χ1) is 16.1. The predicted octanol–water partition coefficient (Wildman–Crippen LogP) is 4.59. The highest BCUT2D eigenvalue weighted by molar-refractivity contribution is 5.95. The second-order valence-corrected chi connectivity index (χ2v) is 10.4. The summed E-state index contributed by atoms with van der Waals surface area (Å²) in [5.74, 6) is 2.08. The number of hydrogen-bond acceptors (Lipinski definition) is 4. The summed E-state index contributed by atoms with van der Waals surface area (Å²) in [5.41, 5.74) is 3.86. The first kappa shape index (κ1) is 19.7. The smallest absolute Gasteiger partial charge is 0.320 e. The summed E-state index contributed by atoms with van der Waals surface area (Å²) in [6.45, 7) is 3.65. The van der Waals surface area contributed by atoms with Crippen molar-refractivity contribution in [1.29, 1.82) is 0 Å². The molecule has 3 fully saturated rings. The van der Waals surface area contributed by atoms with Crippen LogP contribution in [0.15, 0.2) is 48.5 Å². The van der Waals surface area contributed by atoms with Crippen molar-refractivity contribution in [3.63, 3.8) is 0 Å². The minimum absolute atomic E-state index is 0.0477. The van der Waals surface area contributed by atoms with E-state index in [1.165, 1.54) is 23.8 Å². The first-order valence-corrected chi connectivity index (χ1v) is 12.3. The molecule has 6 unspecified atom stereocenters. The second-order valence-electron chi connectivity index (χ2n) is 10.4. The number of carbonyl (C=O) groups is 1. The Morgan fingerprint density at radius 2 is 2.06 bits per heavy atom. The Balaban J connectivity index is 1.36. The number of H-pyrrole nitrogens is 1. The molecule has 0 bridgehead atoms. The van der Waals surface area contributed by atoms with Gasteiger partial charge in [0.25, 0.3) is 0 Å². The summed E-state index contributed by atoms with van der Waals surface area (Å²) in [5, 5.41) is 1.18. The number of aromatic nitrogens is 1. The van der Waals surface area contributed by atoms with Gasteiger partial charge in [-0.25, -0.2) is 0 Å². The van der Waals surface area contributed by atoms with Gasteiger partial charge in [0, 0.05) is 29.2 Å². The fourth-order valence-corrected chi connectivity index (χ4v) is 8.06. The number of hydrogen-bond donors (Lipinski definition) is 1. The average Bonchev–Trinajstić information content (AvgIpc) is 3.35. The van der Waals surface area contributed by atoms with Crippen molar-refractivity contribution in [2.24, 2.45) is 11.8 Å². The van der Waals surface area contributed by atoms with E-state index in [9.17, 15) is 4.79 Å². The molecule has 1 spiro atoms. The van der Waals surface area contributed by atoms with Gasteiger partial charge in [-0.3, -0.25) is 9.69 Å². The number of nitrogens with zero attached hydrogens (tertiary/aromatic N) is 1. The maximum absolute atomic E-state index is 14.1. The molecule has 3 aromatic rings. The van der Waals surface area contributed by atoms with Gasteiger partial charge in [0.05, 0.1) is 12.6 Å². The maximum Gasteiger partial charge on any atom is 0.320 e. The highest BCUT2D eigenvalue weighted by Crippen LogP contribution is 2.78. The van der Waals surface area contributed by atoms with E-state index in [4.69, 9.17) is 9.47 Å². The number of benzene rings is 2. The molecule has 5 nitrogen and oxygen atoms in total. The number of nitrogens with one attached hydrogen (secondary N) is 1. The van der Waals surface area contributed by atoms with Crippen LogP contribution in [0.4, 0.5) is 0 Å². The maximum atomic E-state index is 14.1. The van der Waals surface area contributed by atoms with Crippen LogP contribution in [0.3, 0.4) is 0 Å². The number of ether oxygens (including phenoxy) is 2. The Kier molecular flexibility index (Phi) is 3.95. The highest BCUT2D eigenvalue weighted by Gasteiger charge is 2.89. The van der Waals surface area contributed by atoms with Crippen molar-refractivity contribution in [3.8, 4) is 5.75 Å². The van der Waals surface area contributed by atoms with Gasteiger partial charge in [0.2, 0.25) is 0 Å². The molecule has 2 aromatic carbocycles. The zero-order valence-electron chi connectivity index (χ0n) is 19.3. The predicted molar refractivity (Wildman–Crippen MR) is 126 cm³/mol. The third-order valence-corrected chi connectivity index (χ3v) is 9.32. The Hall–Kier alpha value is -2.79. The fraction of sp³-hybridized carbons (Fsp3) is 0.464.